The molecule has 4 rings (SSSR count). The van der Waals surface area contributed by atoms with E-state index in [1.165, 1.54) is 49.4 Å². The molecule has 1 aromatic carbocycles. The number of carbonyl (C=O) groups is 1. The largest absolute Gasteiger partial charge is 0.459 e. The molecule has 0 aliphatic heterocycles. The monoisotopic (exact) mass is 368 g/mol. The van der Waals surface area contributed by atoms with Gasteiger partial charge in [0.15, 0.2) is 11.5 Å². The summed E-state index contributed by atoms with van der Waals surface area (Å²) in [4.78, 5) is 12.4. The van der Waals surface area contributed by atoms with Crippen LogP contribution in [0.5, 0.6) is 0 Å². The summed E-state index contributed by atoms with van der Waals surface area (Å²) in [5.41, 5.74) is 2.08. The second-order valence-corrected chi connectivity index (χ2v) is 7.45. The van der Waals surface area contributed by atoms with Crippen LogP contribution in [-0.2, 0) is 0 Å². The van der Waals surface area contributed by atoms with Gasteiger partial charge in [0, 0.05) is 5.56 Å². The fourth-order valence-corrected chi connectivity index (χ4v) is 4.01. The van der Waals surface area contributed by atoms with E-state index in [4.69, 9.17) is 8.83 Å². The lowest BCUT2D eigenvalue weighted by atomic mass is 9.84. The highest BCUT2D eigenvalue weighted by Gasteiger charge is 2.17. The standard InChI is InChI=1S/C20H20N2O3S/c23-17(13-26-20-22-21-19(25-20)18-7-4-12-24-18)16-10-8-15(9-11-16)14-5-2-1-3-6-14/h4,7-12,14H,1-3,5-6,13H2. The molecule has 6 heteroatoms. The van der Waals surface area contributed by atoms with Gasteiger partial charge in [0.05, 0.1) is 12.0 Å². The fraction of sp³-hybridized carbons (Fsp3) is 0.350. The first-order valence-corrected chi connectivity index (χ1v) is 9.91. The van der Waals surface area contributed by atoms with Gasteiger partial charge in [0.2, 0.25) is 0 Å². The second-order valence-electron chi connectivity index (χ2n) is 6.52. The van der Waals surface area contributed by atoms with E-state index >= 15 is 0 Å². The van der Waals surface area contributed by atoms with Crippen LogP contribution in [0.25, 0.3) is 11.7 Å². The number of nitrogens with zero attached hydrogens (tertiary/aromatic N) is 2. The first-order valence-electron chi connectivity index (χ1n) is 8.93. The SMILES string of the molecule is O=C(CSc1nnc(-c2ccco2)o1)c1ccc(C2CCCCC2)cc1. The number of aromatic nitrogens is 2. The first-order chi connectivity index (χ1) is 12.8. The third-order valence-electron chi connectivity index (χ3n) is 4.77. The molecule has 1 aliphatic carbocycles. The van der Waals surface area contributed by atoms with Crippen LogP contribution < -0.4 is 0 Å². The summed E-state index contributed by atoms with van der Waals surface area (Å²) in [6.07, 6.45) is 8.05. The zero-order valence-corrected chi connectivity index (χ0v) is 15.2. The Hall–Kier alpha value is -2.34. The minimum Gasteiger partial charge on any atom is -0.459 e. The molecular weight excluding hydrogens is 348 g/mol. The fourth-order valence-electron chi connectivity index (χ4n) is 3.36. The first kappa shape index (κ1) is 17.1. The Morgan fingerprint density at radius 2 is 1.88 bits per heavy atom. The molecule has 0 saturated heterocycles. The average Bonchev–Trinajstić information content (AvgIpc) is 3.38. The number of Topliss-reactive ketones (excluding diaryl/α,β-unsaturated/α-hetero) is 1. The highest BCUT2D eigenvalue weighted by Crippen LogP contribution is 2.32. The van der Waals surface area contributed by atoms with Crippen molar-refractivity contribution in [3.63, 3.8) is 0 Å². The maximum absolute atomic E-state index is 12.4. The Balaban J connectivity index is 1.34. The van der Waals surface area contributed by atoms with Crippen molar-refractivity contribution in [2.75, 3.05) is 5.75 Å². The number of carbonyl (C=O) groups excluding carboxylic acids is 1. The highest BCUT2D eigenvalue weighted by molar-refractivity contribution is 7.99. The summed E-state index contributed by atoms with van der Waals surface area (Å²) in [6.45, 7) is 0. The lowest BCUT2D eigenvalue weighted by Crippen LogP contribution is -2.06. The molecule has 26 heavy (non-hydrogen) atoms. The summed E-state index contributed by atoms with van der Waals surface area (Å²) in [5, 5.41) is 8.24. The Bertz CT molecular complexity index is 850. The lowest BCUT2D eigenvalue weighted by molar-refractivity contribution is 0.102. The van der Waals surface area contributed by atoms with Crippen molar-refractivity contribution < 1.29 is 13.6 Å². The quantitative estimate of drug-likeness (QED) is 0.431. The number of thioether (sulfide) groups is 1. The van der Waals surface area contributed by atoms with Gasteiger partial charge in [-0.05, 0) is 36.5 Å². The van der Waals surface area contributed by atoms with Crippen LogP contribution in [-0.4, -0.2) is 21.7 Å². The van der Waals surface area contributed by atoms with Crippen LogP contribution in [0.1, 0.15) is 53.9 Å². The van der Waals surface area contributed by atoms with Crippen LogP contribution in [0, 0.1) is 0 Å². The van der Waals surface area contributed by atoms with Crippen molar-refractivity contribution in [3.05, 3.63) is 53.8 Å². The van der Waals surface area contributed by atoms with Gasteiger partial charge in [-0.2, -0.15) is 0 Å². The average molecular weight is 368 g/mol. The van der Waals surface area contributed by atoms with Gasteiger partial charge in [-0.3, -0.25) is 4.79 Å². The van der Waals surface area contributed by atoms with Crippen molar-refractivity contribution in [1.29, 1.82) is 0 Å². The van der Waals surface area contributed by atoms with Crippen LogP contribution in [0.15, 0.2) is 56.7 Å². The molecule has 0 radical (unpaired) electrons. The van der Waals surface area contributed by atoms with E-state index in [2.05, 4.69) is 22.3 Å². The Morgan fingerprint density at radius 1 is 1.08 bits per heavy atom. The third kappa shape index (κ3) is 3.90. The van der Waals surface area contributed by atoms with Crippen LogP contribution in [0.2, 0.25) is 0 Å². The highest BCUT2D eigenvalue weighted by atomic mass is 32.2. The topological polar surface area (TPSA) is 69.1 Å². The lowest BCUT2D eigenvalue weighted by Gasteiger charge is -2.22. The summed E-state index contributed by atoms with van der Waals surface area (Å²) in [5.74, 6) is 1.82. The predicted octanol–water partition coefficient (Wildman–Crippen LogP) is 5.35. The van der Waals surface area contributed by atoms with Crippen LogP contribution >= 0.6 is 11.8 Å². The number of rotatable bonds is 6. The molecule has 1 aliphatic rings. The number of hydrogen-bond acceptors (Lipinski definition) is 6. The molecule has 3 aromatic rings. The number of furan rings is 1. The number of benzene rings is 1. The Morgan fingerprint density at radius 3 is 2.62 bits per heavy atom. The summed E-state index contributed by atoms with van der Waals surface area (Å²) < 4.78 is 10.7. The molecule has 0 amide bonds. The van der Waals surface area contributed by atoms with E-state index in [0.29, 0.717) is 22.8 Å². The van der Waals surface area contributed by atoms with Gasteiger partial charge in [0.1, 0.15) is 0 Å². The van der Waals surface area contributed by atoms with Gasteiger partial charge in [-0.1, -0.05) is 55.3 Å². The molecule has 0 bridgehead atoms. The van der Waals surface area contributed by atoms with Gasteiger partial charge < -0.3 is 8.83 Å². The van der Waals surface area contributed by atoms with Gasteiger partial charge in [-0.15, -0.1) is 10.2 Å². The zero-order chi connectivity index (χ0) is 17.8. The summed E-state index contributed by atoms with van der Waals surface area (Å²) in [7, 11) is 0. The minimum atomic E-state index is 0.0583. The third-order valence-corrected chi connectivity index (χ3v) is 5.59. The van der Waals surface area contributed by atoms with E-state index in [1.54, 1.807) is 18.4 Å². The van der Waals surface area contributed by atoms with E-state index < -0.39 is 0 Å². The molecule has 1 fully saturated rings. The Labute approximate surface area is 156 Å². The molecule has 1 saturated carbocycles. The van der Waals surface area contributed by atoms with E-state index in [1.807, 2.05) is 12.1 Å². The maximum Gasteiger partial charge on any atom is 0.284 e. The molecule has 2 heterocycles. The molecule has 0 N–H and O–H groups in total. The molecule has 2 aromatic heterocycles. The zero-order valence-electron chi connectivity index (χ0n) is 14.4. The molecule has 0 spiro atoms. The molecule has 134 valence electrons. The summed E-state index contributed by atoms with van der Waals surface area (Å²) >= 11 is 1.24. The maximum atomic E-state index is 12.4. The Kier molecular flexibility index (Phi) is 5.20. The van der Waals surface area contributed by atoms with Crippen molar-refractivity contribution in [1.82, 2.24) is 10.2 Å². The van der Waals surface area contributed by atoms with Crippen LogP contribution in [0.4, 0.5) is 0 Å². The van der Waals surface area contributed by atoms with Crippen molar-refractivity contribution in [2.24, 2.45) is 0 Å². The number of ketones is 1. The van der Waals surface area contributed by atoms with E-state index in [-0.39, 0.29) is 11.5 Å². The van der Waals surface area contributed by atoms with Gasteiger partial charge in [-0.25, -0.2) is 0 Å². The molecule has 0 atom stereocenters. The normalized spacial score (nSPS) is 15.2. The smallest absolute Gasteiger partial charge is 0.284 e. The molecule has 0 unspecified atom stereocenters. The molecule has 5 nitrogen and oxygen atoms in total. The minimum absolute atomic E-state index is 0.0583. The predicted molar refractivity (Wildman–Crippen MR) is 99.3 cm³/mol. The number of hydrogen-bond donors (Lipinski definition) is 0. The second kappa shape index (κ2) is 7.91. The van der Waals surface area contributed by atoms with Crippen molar-refractivity contribution in [3.8, 4) is 11.7 Å². The van der Waals surface area contributed by atoms with E-state index in [9.17, 15) is 4.79 Å². The van der Waals surface area contributed by atoms with Crippen molar-refractivity contribution in [2.45, 2.75) is 43.2 Å². The summed E-state index contributed by atoms with van der Waals surface area (Å²) in [6, 6.07) is 11.6. The molecular formula is C20H20N2O3S. The van der Waals surface area contributed by atoms with Crippen LogP contribution in [0.3, 0.4) is 0 Å². The van der Waals surface area contributed by atoms with E-state index in [0.717, 1.165) is 5.56 Å². The van der Waals surface area contributed by atoms with Gasteiger partial charge >= 0.3 is 0 Å². The van der Waals surface area contributed by atoms with Gasteiger partial charge in [0.25, 0.3) is 11.1 Å². The van der Waals surface area contributed by atoms with Crippen molar-refractivity contribution >= 4 is 17.5 Å².